The summed E-state index contributed by atoms with van der Waals surface area (Å²) in [4.78, 5) is 87.9. The average Bonchev–Trinajstić information content (AvgIpc) is 3.75. The van der Waals surface area contributed by atoms with E-state index >= 15 is 0 Å². The van der Waals surface area contributed by atoms with Gasteiger partial charge in [0.2, 0.25) is 16.9 Å². The topological polar surface area (TPSA) is 364 Å². The minimum absolute atomic E-state index is 0.0307. The number of ether oxygens (including phenoxy) is 1. The summed E-state index contributed by atoms with van der Waals surface area (Å²) in [7, 11) is -16.4. The highest BCUT2D eigenvalue weighted by Crippen LogP contribution is 2.61. The predicted octanol–water partition coefficient (Wildman–Crippen LogP) is 2.53. The van der Waals surface area contributed by atoms with Crippen LogP contribution in [0.2, 0.25) is 0 Å². The first kappa shape index (κ1) is 53.4. The number of unbranched alkanes of at least 4 members (excludes halogenated alkanes) is 5. The lowest BCUT2D eigenvalue weighted by atomic mass is 9.87. The summed E-state index contributed by atoms with van der Waals surface area (Å²) in [6.07, 6.45) is 8.19. The second-order valence-electron chi connectivity index (χ2n) is 14.5. The molecule has 0 saturated carbocycles. The number of carbonyl (C=O) groups is 3. The SMILES string of the molecule is CCCCCC/C=C/CC/C=C/C(=O)SCCNC(=O)CCNC(=O)[C@H](O)C(C)(C)COP(=O)(O)OP(=O)(O)OC[C@H]1O[C@@H](n2cnc3c(N)ncnc32)[C@H](O)[C@@H]1OP(=O)(O)O. The molecule has 1 saturated heterocycles. The largest absolute Gasteiger partial charge is 0.481 e. The number of anilines is 1. The van der Waals surface area contributed by atoms with E-state index in [9.17, 15) is 57.9 Å². The molecule has 2 amide bonds. The zero-order valence-electron chi connectivity index (χ0n) is 34.3. The number of thioether (sulfide) groups is 1. The number of amides is 2. The fourth-order valence-electron chi connectivity index (χ4n) is 5.63. The third kappa shape index (κ3) is 18.3. The molecule has 2 aromatic heterocycles. The van der Waals surface area contributed by atoms with Crippen molar-refractivity contribution in [2.75, 3.05) is 37.8 Å². The van der Waals surface area contributed by atoms with Crippen molar-refractivity contribution in [2.45, 2.75) is 103 Å². The van der Waals surface area contributed by atoms with E-state index in [0.29, 0.717) is 5.75 Å². The van der Waals surface area contributed by atoms with E-state index in [1.165, 1.54) is 45.6 Å². The number of allylic oxidation sites excluding steroid dienone is 3. The van der Waals surface area contributed by atoms with Crippen molar-refractivity contribution >= 4 is 69.1 Å². The first-order valence-electron chi connectivity index (χ1n) is 19.4. The highest BCUT2D eigenvalue weighted by atomic mass is 32.2. The predicted molar refractivity (Wildman–Crippen MR) is 223 cm³/mol. The van der Waals surface area contributed by atoms with Crippen molar-refractivity contribution in [3.8, 4) is 0 Å². The molecule has 0 radical (unpaired) electrons. The Morgan fingerprint density at radius 3 is 2.39 bits per heavy atom. The quantitative estimate of drug-likeness (QED) is 0.0256. The van der Waals surface area contributed by atoms with Gasteiger partial charge in [0.25, 0.3) is 0 Å². The Labute approximate surface area is 361 Å². The number of hydrogen-bond donors (Lipinski definition) is 9. The van der Waals surface area contributed by atoms with Crippen LogP contribution in [0.15, 0.2) is 37.0 Å². The van der Waals surface area contributed by atoms with Crippen LogP contribution in [0, 0.1) is 5.41 Å². The number of aromatic nitrogens is 4. The van der Waals surface area contributed by atoms with Gasteiger partial charge in [0.15, 0.2) is 17.7 Å². The number of imidazole rings is 1. The molecule has 0 aromatic carbocycles. The van der Waals surface area contributed by atoms with Gasteiger partial charge in [0.1, 0.15) is 36.3 Å². The summed E-state index contributed by atoms with van der Waals surface area (Å²) >= 11 is 1.04. The molecule has 10 N–H and O–H groups in total. The monoisotopic (exact) mass is 959 g/mol. The standard InChI is InChI=1S/C34H56N7O17P3S/c1-4-5-6-7-8-9-10-11-12-13-14-25(43)62-18-17-36-24(42)15-16-37-32(46)29(45)34(2,3)20-55-61(52,53)58-60(50,51)54-19-23-28(57-59(47,48)49)27(44)33(56-23)41-22-40-26-30(35)38-21-39-31(26)41/h9-10,13-14,21-23,27-29,33,44-45H,4-8,11-12,15-20H2,1-3H3,(H,36,42)(H,37,46)(H,50,51)(H,52,53)(H2,35,38,39)(H2,47,48,49)/b10-9+,14-13+/t23-,27-,28-,29+,33-/m1/s1. The minimum Gasteiger partial charge on any atom is -0.386 e. The van der Waals surface area contributed by atoms with Gasteiger partial charge in [-0.05, 0) is 31.8 Å². The van der Waals surface area contributed by atoms with Gasteiger partial charge in [-0.15, -0.1) is 0 Å². The maximum atomic E-state index is 12.7. The first-order chi connectivity index (χ1) is 29.1. The van der Waals surface area contributed by atoms with Crippen LogP contribution in [0.5, 0.6) is 0 Å². The third-order valence-corrected chi connectivity index (χ3v) is 12.8. The van der Waals surface area contributed by atoms with Crippen LogP contribution in [0.1, 0.15) is 78.4 Å². The molecule has 1 fully saturated rings. The van der Waals surface area contributed by atoms with Gasteiger partial charge in [-0.3, -0.25) is 32.5 Å². The summed E-state index contributed by atoms with van der Waals surface area (Å²) in [5.74, 6) is -1.13. The number of fused-ring (bicyclic) bond motifs is 1. The summed E-state index contributed by atoms with van der Waals surface area (Å²) in [6.45, 7) is 2.66. The molecule has 2 aromatic rings. The number of rotatable bonds is 28. The van der Waals surface area contributed by atoms with Crippen LogP contribution in [0.4, 0.5) is 5.82 Å². The van der Waals surface area contributed by atoms with Crippen LogP contribution in [-0.2, 0) is 50.7 Å². The van der Waals surface area contributed by atoms with E-state index in [2.05, 4.69) is 53.5 Å². The molecule has 1 aliphatic heterocycles. The number of aliphatic hydroxyl groups is 2. The maximum Gasteiger partial charge on any atom is 0.481 e. The smallest absolute Gasteiger partial charge is 0.386 e. The van der Waals surface area contributed by atoms with E-state index < -0.39 is 84.6 Å². The molecule has 1 aliphatic rings. The molecule has 2 unspecified atom stereocenters. The Hall–Kier alpha value is -2.96. The number of phosphoric acid groups is 3. The number of hydrogen-bond acceptors (Lipinski definition) is 18. The Bertz CT molecular complexity index is 2000. The van der Waals surface area contributed by atoms with Crippen LogP contribution >= 0.6 is 35.2 Å². The molecule has 0 aliphatic carbocycles. The lowest BCUT2D eigenvalue weighted by Crippen LogP contribution is -2.46. The molecule has 350 valence electrons. The van der Waals surface area contributed by atoms with E-state index in [0.717, 1.165) is 48.2 Å². The lowest BCUT2D eigenvalue weighted by Gasteiger charge is -2.30. The molecular weight excluding hydrogens is 903 g/mol. The lowest BCUT2D eigenvalue weighted by molar-refractivity contribution is -0.137. The van der Waals surface area contributed by atoms with Gasteiger partial charge in [0.05, 0.1) is 19.5 Å². The van der Waals surface area contributed by atoms with Gasteiger partial charge < -0.3 is 50.9 Å². The second-order valence-corrected chi connectivity index (χ2v) is 19.9. The normalized spacial score (nSPS) is 21.0. The zero-order valence-corrected chi connectivity index (χ0v) is 37.8. The number of phosphoric ester groups is 3. The van der Waals surface area contributed by atoms with Gasteiger partial charge in [0, 0.05) is 30.7 Å². The minimum atomic E-state index is -5.58. The summed E-state index contributed by atoms with van der Waals surface area (Å²) < 4.78 is 62.3. The van der Waals surface area contributed by atoms with Gasteiger partial charge in [-0.2, -0.15) is 4.31 Å². The fraction of sp³-hybridized carbons (Fsp3) is 0.647. The molecule has 7 atom stereocenters. The van der Waals surface area contributed by atoms with Crippen LogP contribution in [0.3, 0.4) is 0 Å². The number of nitrogen functional groups attached to an aromatic ring is 1. The summed E-state index contributed by atoms with van der Waals surface area (Å²) in [6, 6.07) is 0. The van der Waals surface area contributed by atoms with E-state index in [1.54, 1.807) is 0 Å². The van der Waals surface area contributed by atoms with Crippen LogP contribution in [-0.4, -0.2) is 123 Å². The van der Waals surface area contributed by atoms with Crippen molar-refractivity contribution in [1.82, 2.24) is 30.2 Å². The maximum absolute atomic E-state index is 12.7. The number of carbonyl (C=O) groups excluding carboxylic acids is 3. The Balaban J connectivity index is 1.39. The Morgan fingerprint density at radius 1 is 0.984 bits per heavy atom. The van der Waals surface area contributed by atoms with Crippen molar-refractivity contribution in [2.24, 2.45) is 5.41 Å². The first-order valence-corrected chi connectivity index (χ1v) is 24.9. The molecule has 28 heteroatoms. The number of nitrogens with zero attached hydrogens (tertiary/aromatic N) is 4. The van der Waals surface area contributed by atoms with Gasteiger partial charge in [-0.25, -0.2) is 28.6 Å². The molecule has 3 heterocycles. The molecular formula is C34H56N7O17P3S. The average molecular weight is 960 g/mol. The summed E-state index contributed by atoms with van der Waals surface area (Å²) in [5.41, 5.74) is 4.27. The van der Waals surface area contributed by atoms with E-state index in [1.807, 2.05) is 6.08 Å². The third-order valence-electron chi connectivity index (χ3n) is 8.89. The van der Waals surface area contributed by atoms with E-state index in [-0.39, 0.29) is 41.6 Å². The van der Waals surface area contributed by atoms with Crippen molar-refractivity contribution in [1.29, 1.82) is 0 Å². The molecule has 24 nitrogen and oxygen atoms in total. The Morgan fingerprint density at radius 2 is 1.68 bits per heavy atom. The van der Waals surface area contributed by atoms with Crippen molar-refractivity contribution < 1.29 is 80.5 Å². The Kier molecular flexibility index (Phi) is 21.5. The van der Waals surface area contributed by atoms with Crippen LogP contribution in [0.25, 0.3) is 11.2 Å². The highest BCUT2D eigenvalue weighted by Gasteiger charge is 2.50. The van der Waals surface area contributed by atoms with Gasteiger partial charge >= 0.3 is 23.5 Å². The zero-order chi connectivity index (χ0) is 46.1. The van der Waals surface area contributed by atoms with Crippen molar-refractivity contribution in [3.05, 3.63) is 37.0 Å². The highest BCUT2D eigenvalue weighted by molar-refractivity contribution is 8.14. The van der Waals surface area contributed by atoms with Gasteiger partial charge in [-0.1, -0.05) is 70.0 Å². The molecule has 0 spiro atoms. The number of aliphatic hydroxyl groups excluding tert-OH is 2. The van der Waals surface area contributed by atoms with Crippen LogP contribution < -0.4 is 16.4 Å². The second kappa shape index (κ2) is 24.9. The fourth-order valence-corrected chi connectivity index (χ4v) is 9.05. The van der Waals surface area contributed by atoms with Crippen molar-refractivity contribution in [3.63, 3.8) is 0 Å². The number of nitrogens with two attached hydrogens (primary N) is 1. The number of nitrogens with one attached hydrogen (secondary N) is 2. The molecule has 62 heavy (non-hydrogen) atoms. The molecule has 3 rings (SSSR count). The van der Waals surface area contributed by atoms with E-state index in [4.69, 9.17) is 19.5 Å². The molecule has 0 bridgehead atoms. The summed E-state index contributed by atoms with van der Waals surface area (Å²) in [5, 5.41) is 26.3.